The summed E-state index contributed by atoms with van der Waals surface area (Å²) in [7, 11) is 0. The third kappa shape index (κ3) is 3.66. The monoisotopic (exact) mass is 319 g/mol. The van der Waals surface area contributed by atoms with Crippen LogP contribution in [-0.2, 0) is 6.42 Å². The van der Waals surface area contributed by atoms with Gasteiger partial charge in [-0.15, -0.1) is 0 Å². The summed E-state index contributed by atoms with van der Waals surface area (Å²) in [5, 5.41) is 16.8. The largest absolute Gasteiger partial charge is 0.387 e. The Morgan fingerprint density at radius 1 is 0.875 bits per heavy atom. The third-order valence-corrected chi connectivity index (χ3v) is 4.65. The molecule has 124 valence electrons. The quantitative estimate of drug-likeness (QED) is 0.702. The van der Waals surface area contributed by atoms with Gasteiger partial charge < -0.3 is 10.4 Å². The molecule has 24 heavy (non-hydrogen) atoms. The van der Waals surface area contributed by atoms with Crippen molar-refractivity contribution in [3.05, 3.63) is 83.9 Å². The summed E-state index contributed by atoms with van der Waals surface area (Å²) < 4.78 is 0. The fraction of sp³-hybridized carbons (Fsp3) is 0.273. The molecule has 0 aliphatic rings. The number of rotatable bonds is 6. The number of fused-ring (bicyclic) bond motifs is 1. The molecule has 0 unspecified atom stereocenters. The van der Waals surface area contributed by atoms with Gasteiger partial charge in [-0.2, -0.15) is 0 Å². The predicted molar refractivity (Wildman–Crippen MR) is 101 cm³/mol. The van der Waals surface area contributed by atoms with Gasteiger partial charge in [0.2, 0.25) is 0 Å². The molecule has 3 rings (SSSR count). The second kappa shape index (κ2) is 7.16. The summed E-state index contributed by atoms with van der Waals surface area (Å²) in [6, 6.07) is 24.8. The number of aliphatic hydroxyl groups is 1. The molecule has 0 bridgehead atoms. The second-order valence-corrected chi connectivity index (χ2v) is 6.85. The van der Waals surface area contributed by atoms with E-state index in [2.05, 4.69) is 47.8 Å². The SMILES string of the molecule is CC(C)(NCCc1cccc2ccccc12)[C@@H](O)c1ccccc1. The molecule has 0 spiro atoms. The summed E-state index contributed by atoms with van der Waals surface area (Å²) in [6.07, 6.45) is 0.401. The Bertz CT molecular complexity index is 790. The second-order valence-electron chi connectivity index (χ2n) is 6.85. The van der Waals surface area contributed by atoms with E-state index >= 15 is 0 Å². The lowest BCUT2D eigenvalue weighted by Crippen LogP contribution is -2.45. The first-order chi connectivity index (χ1) is 11.6. The van der Waals surface area contributed by atoms with Crippen molar-refractivity contribution in [1.82, 2.24) is 5.32 Å². The average molecular weight is 319 g/mol. The predicted octanol–water partition coefficient (Wildman–Crippen LogP) is 4.48. The maximum absolute atomic E-state index is 10.7. The summed E-state index contributed by atoms with van der Waals surface area (Å²) >= 11 is 0. The molecule has 0 aromatic heterocycles. The minimum atomic E-state index is -0.536. The van der Waals surface area contributed by atoms with E-state index < -0.39 is 6.10 Å². The highest BCUT2D eigenvalue weighted by Gasteiger charge is 2.28. The maximum atomic E-state index is 10.7. The van der Waals surface area contributed by atoms with E-state index in [4.69, 9.17) is 0 Å². The van der Waals surface area contributed by atoms with Crippen LogP contribution in [0.25, 0.3) is 10.8 Å². The van der Waals surface area contributed by atoms with Crippen LogP contribution in [0.5, 0.6) is 0 Å². The zero-order chi connectivity index (χ0) is 17.0. The highest BCUT2D eigenvalue weighted by Crippen LogP contribution is 2.25. The van der Waals surface area contributed by atoms with Crippen molar-refractivity contribution < 1.29 is 5.11 Å². The van der Waals surface area contributed by atoms with Crippen LogP contribution in [0.2, 0.25) is 0 Å². The van der Waals surface area contributed by atoms with Gasteiger partial charge in [0.1, 0.15) is 0 Å². The van der Waals surface area contributed by atoms with Crippen molar-refractivity contribution in [2.45, 2.75) is 31.9 Å². The van der Waals surface area contributed by atoms with Crippen LogP contribution in [-0.4, -0.2) is 17.2 Å². The van der Waals surface area contributed by atoms with Gasteiger partial charge in [-0.25, -0.2) is 0 Å². The minimum absolute atomic E-state index is 0.383. The van der Waals surface area contributed by atoms with Crippen molar-refractivity contribution in [2.75, 3.05) is 6.54 Å². The third-order valence-electron chi connectivity index (χ3n) is 4.65. The van der Waals surface area contributed by atoms with E-state index in [9.17, 15) is 5.11 Å². The number of nitrogens with one attached hydrogen (secondary N) is 1. The van der Waals surface area contributed by atoms with E-state index in [1.54, 1.807) is 0 Å². The first-order valence-corrected chi connectivity index (χ1v) is 8.52. The van der Waals surface area contributed by atoms with Gasteiger partial charge in [-0.1, -0.05) is 72.8 Å². The Kier molecular flexibility index (Phi) is 4.98. The van der Waals surface area contributed by atoms with Crippen molar-refractivity contribution in [2.24, 2.45) is 0 Å². The van der Waals surface area contributed by atoms with Crippen LogP contribution in [0.1, 0.15) is 31.1 Å². The lowest BCUT2D eigenvalue weighted by molar-refractivity contribution is 0.0807. The molecule has 0 heterocycles. The Balaban J connectivity index is 1.66. The standard InChI is InChI=1S/C22H25NO/c1-22(2,21(24)19-10-4-3-5-11-19)23-16-15-18-13-8-12-17-9-6-7-14-20(17)18/h3-14,21,23-24H,15-16H2,1-2H3/t21-/m0/s1. The van der Waals surface area contributed by atoms with E-state index in [1.165, 1.54) is 16.3 Å². The molecule has 3 aromatic carbocycles. The molecule has 0 aliphatic heterocycles. The van der Waals surface area contributed by atoms with Crippen LogP contribution < -0.4 is 5.32 Å². The van der Waals surface area contributed by atoms with Crippen molar-refractivity contribution >= 4 is 10.8 Å². The number of benzene rings is 3. The Hall–Kier alpha value is -2.16. The fourth-order valence-corrected chi connectivity index (χ4v) is 3.18. The van der Waals surface area contributed by atoms with E-state index in [0.29, 0.717) is 0 Å². The van der Waals surface area contributed by atoms with Gasteiger partial charge in [-0.05, 0) is 48.7 Å². The molecule has 2 N–H and O–H groups in total. The molecule has 2 heteroatoms. The number of aliphatic hydroxyl groups excluding tert-OH is 1. The maximum Gasteiger partial charge on any atom is 0.0966 e. The highest BCUT2D eigenvalue weighted by molar-refractivity contribution is 5.85. The van der Waals surface area contributed by atoms with Crippen LogP contribution >= 0.6 is 0 Å². The lowest BCUT2D eigenvalue weighted by Gasteiger charge is -2.32. The van der Waals surface area contributed by atoms with Crippen LogP contribution in [0.3, 0.4) is 0 Å². The van der Waals surface area contributed by atoms with Crippen molar-refractivity contribution in [3.63, 3.8) is 0 Å². The summed E-state index contributed by atoms with van der Waals surface area (Å²) in [4.78, 5) is 0. The van der Waals surface area contributed by atoms with Gasteiger partial charge in [0.25, 0.3) is 0 Å². The van der Waals surface area contributed by atoms with E-state index in [0.717, 1.165) is 18.5 Å². The summed E-state index contributed by atoms with van der Waals surface area (Å²) in [6.45, 7) is 4.92. The molecule has 0 saturated carbocycles. The van der Waals surface area contributed by atoms with Crippen molar-refractivity contribution in [1.29, 1.82) is 0 Å². The lowest BCUT2D eigenvalue weighted by atomic mass is 9.91. The Morgan fingerprint density at radius 2 is 1.54 bits per heavy atom. The number of hydrogen-bond donors (Lipinski definition) is 2. The van der Waals surface area contributed by atoms with Gasteiger partial charge in [0.15, 0.2) is 0 Å². The number of hydrogen-bond acceptors (Lipinski definition) is 2. The highest BCUT2D eigenvalue weighted by atomic mass is 16.3. The Labute approximate surface area is 144 Å². The summed E-state index contributed by atoms with van der Waals surface area (Å²) in [5.41, 5.74) is 1.90. The van der Waals surface area contributed by atoms with Gasteiger partial charge >= 0.3 is 0 Å². The zero-order valence-electron chi connectivity index (χ0n) is 14.4. The molecular formula is C22H25NO. The van der Waals surface area contributed by atoms with Gasteiger partial charge in [0.05, 0.1) is 6.10 Å². The molecular weight excluding hydrogens is 294 g/mol. The molecule has 0 amide bonds. The zero-order valence-corrected chi connectivity index (χ0v) is 14.4. The van der Waals surface area contributed by atoms with E-state index in [-0.39, 0.29) is 5.54 Å². The molecule has 3 aromatic rings. The smallest absolute Gasteiger partial charge is 0.0966 e. The molecule has 2 nitrogen and oxygen atoms in total. The first kappa shape index (κ1) is 16.7. The van der Waals surface area contributed by atoms with Crippen LogP contribution in [0, 0.1) is 0 Å². The van der Waals surface area contributed by atoms with E-state index in [1.807, 2.05) is 44.2 Å². The minimum Gasteiger partial charge on any atom is -0.387 e. The van der Waals surface area contributed by atoms with Crippen LogP contribution in [0.4, 0.5) is 0 Å². The van der Waals surface area contributed by atoms with Gasteiger partial charge in [0, 0.05) is 5.54 Å². The normalized spacial score (nSPS) is 13.1. The molecule has 0 fully saturated rings. The van der Waals surface area contributed by atoms with Crippen LogP contribution in [0.15, 0.2) is 72.8 Å². The molecule has 0 radical (unpaired) electrons. The summed E-state index contributed by atoms with van der Waals surface area (Å²) in [5.74, 6) is 0. The molecule has 0 saturated heterocycles. The van der Waals surface area contributed by atoms with Crippen molar-refractivity contribution in [3.8, 4) is 0 Å². The molecule has 0 aliphatic carbocycles. The van der Waals surface area contributed by atoms with Gasteiger partial charge in [-0.3, -0.25) is 0 Å². The topological polar surface area (TPSA) is 32.3 Å². The molecule has 1 atom stereocenters. The average Bonchev–Trinajstić information content (AvgIpc) is 2.62. The Morgan fingerprint density at radius 3 is 2.33 bits per heavy atom. The fourth-order valence-electron chi connectivity index (χ4n) is 3.18. The first-order valence-electron chi connectivity index (χ1n) is 8.52.